The molecule has 0 radical (unpaired) electrons. The molecule has 2 aliphatic heterocycles. The Balaban J connectivity index is 1.27. The van der Waals surface area contributed by atoms with Crippen LogP contribution in [0, 0.1) is 11.7 Å². The van der Waals surface area contributed by atoms with Crippen molar-refractivity contribution in [3.8, 4) is 11.1 Å². The molecule has 1 spiro atoms. The fraction of sp³-hybridized carbons (Fsp3) is 0.407. The maximum absolute atomic E-state index is 15.1. The van der Waals surface area contributed by atoms with Gasteiger partial charge in [0.25, 0.3) is 0 Å². The van der Waals surface area contributed by atoms with Crippen LogP contribution in [-0.2, 0) is 23.8 Å². The van der Waals surface area contributed by atoms with Crippen LogP contribution >= 0.6 is 0 Å². The van der Waals surface area contributed by atoms with Crippen LogP contribution in [0.4, 0.5) is 10.1 Å². The third kappa shape index (κ3) is 3.15. The largest absolute Gasteiger partial charge is 0.307 e. The average Bonchev–Trinajstić information content (AvgIpc) is 3.46. The molecular formula is C27H29FN4O. The normalized spacial score (nSPS) is 23.8. The minimum atomic E-state index is -0.481. The van der Waals surface area contributed by atoms with Crippen LogP contribution < -0.4 is 4.90 Å². The Labute approximate surface area is 193 Å². The SMILES string of the molecule is CC1CCCC1N1CC2(C1)C(=O)N(Cc1ccc(-c3cnn(C)c3)cc1F)c1ccccc12. The number of halogens is 1. The fourth-order valence-electron chi connectivity index (χ4n) is 6.20. The van der Waals surface area contributed by atoms with Gasteiger partial charge in [-0.25, -0.2) is 4.39 Å². The third-order valence-corrected chi connectivity index (χ3v) is 8.02. The first-order valence-corrected chi connectivity index (χ1v) is 11.9. The van der Waals surface area contributed by atoms with Crippen LogP contribution in [0.5, 0.6) is 0 Å². The predicted molar refractivity (Wildman–Crippen MR) is 126 cm³/mol. The number of carbonyl (C=O) groups is 1. The van der Waals surface area contributed by atoms with Crippen LogP contribution in [0.15, 0.2) is 54.9 Å². The molecule has 0 N–H and O–H groups in total. The van der Waals surface area contributed by atoms with E-state index in [0.29, 0.717) is 17.5 Å². The molecule has 2 atom stereocenters. The molecule has 0 bridgehead atoms. The van der Waals surface area contributed by atoms with Crippen LogP contribution in [0.1, 0.15) is 37.3 Å². The highest BCUT2D eigenvalue weighted by molar-refractivity contribution is 6.09. The highest BCUT2D eigenvalue weighted by Crippen LogP contribution is 2.50. The van der Waals surface area contributed by atoms with Crippen molar-refractivity contribution in [1.29, 1.82) is 0 Å². The molecule has 1 amide bonds. The topological polar surface area (TPSA) is 41.4 Å². The Bertz CT molecular complexity index is 1230. The average molecular weight is 445 g/mol. The molecule has 1 saturated heterocycles. The van der Waals surface area contributed by atoms with Crippen LogP contribution in [0.2, 0.25) is 0 Å². The number of rotatable bonds is 4. The predicted octanol–water partition coefficient (Wildman–Crippen LogP) is 4.52. The summed E-state index contributed by atoms with van der Waals surface area (Å²) in [7, 11) is 1.84. The molecule has 33 heavy (non-hydrogen) atoms. The van der Waals surface area contributed by atoms with Gasteiger partial charge in [-0.3, -0.25) is 14.4 Å². The summed E-state index contributed by atoms with van der Waals surface area (Å²) in [5.41, 5.74) is 3.74. The lowest BCUT2D eigenvalue weighted by molar-refractivity contribution is -0.131. The Kier molecular flexibility index (Phi) is 4.70. The van der Waals surface area contributed by atoms with E-state index >= 15 is 4.39 Å². The molecular weight excluding hydrogens is 415 g/mol. The number of carbonyl (C=O) groups excluding carboxylic acids is 1. The smallest absolute Gasteiger partial charge is 0.240 e. The molecule has 1 aliphatic carbocycles. The van der Waals surface area contributed by atoms with Gasteiger partial charge in [-0.2, -0.15) is 5.10 Å². The number of para-hydroxylation sites is 1. The number of amides is 1. The molecule has 6 heteroatoms. The van der Waals surface area contributed by atoms with E-state index in [9.17, 15) is 4.79 Å². The highest BCUT2D eigenvalue weighted by Gasteiger charge is 2.59. The van der Waals surface area contributed by atoms with Gasteiger partial charge in [0.2, 0.25) is 5.91 Å². The zero-order chi connectivity index (χ0) is 22.7. The molecule has 1 saturated carbocycles. The van der Waals surface area contributed by atoms with Gasteiger partial charge in [-0.15, -0.1) is 0 Å². The lowest BCUT2D eigenvalue weighted by Crippen LogP contribution is -2.66. The number of benzene rings is 2. The molecule has 170 valence electrons. The minimum absolute atomic E-state index is 0.112. The van der Waals surface area contributed by atoms with E-state index in [-0.39, 0.29) is 18.3 Å². The van der Waals surface area contributed by atoms with Crippen LogP contribution in [0.25, 0.3) is 11.1 Å². The lowest BCUT2D eigenvalue weighted by Gasteiger charge is -2.51. The number of hydrogen-bond donors (Lipinski definition) is 0. The molecule has 3 heterocycles. The number of aryl methyl sites for hydroxylation is 1. The number of anilines is 1. The summed E-state index contributed by atoms with van der Waals surface area (Å²) in [5.74, 6) is 0.511. The molecule has 2 unspecified atom stereocenters. The Morgan fingerprint density at radius 1 is 1.12 bits per heavy atom. The summed E-state index contributed by atoms with van der Waals surface area (Å²) in [5, 5.41) is 4.17. The summed E-state index contributed by atoms with van der Waals surface area (Å²) in [4.78, 5) is 18.1. The van der Waals surface area contributed by atoms with Gasteiger partial charge < -0.3 is 4.90 Å². The van der Waals surface area contributed by atoms with Gasteiger partial charge in [0, 0.05) is 49.2 Å². The van der Waals surface area contributed by atoms with Crippen molar-refractivity contribution in [1.82, 2.24) is 14.7 Å². The number of aromatic nitrogens is 2. The van der Waals surface area contributed by atoms with Crippen molar-refractivity contribution in [3.63, 3.8) is 0 Å². The number of nitrogens with zero attached hydrogens (tertiary/aromatic N) is 4. The van der Waals surface area contributed by atoms with Crippen LogP contribution in [-0.4, -0.2) is 39.7 Å². The number of hydrogen-bond acceptors (Lipinski definition) is 3. The Hall–Kier alpha value is -2.99. The molecule has 2 aromatic carbocycles. The summed E-state index contributed by atoms with van der Waals surface area (Å²) in [6.07, 6.45) is 7.38. The summed E-state index contributed by atoms with van der Waals surface area (Å²) < 4.78 is 16.8. The second-order valence-electron chi connectivity index (χ2n) is 10.1. The highest BCUT2D eigenvalue weighted by atomic mass is 19.1. The Morgan fingerprint density at radius 2 is 1.94 bits per heavy atom. The standard InChI is InChI=1S/C27H29FN4O/c1-18-6-5-9-24(18)31-16-27(17-31)22-7-3-4-8-25(22)32(26(27)33)15-20-11-10-19(12-23(20)28)21-13-29-30(2)14-21/h3-4,7-8,10-14,18,24H,5-6,9,15-17H2,1-2H3. The zero-order valence-electron chi connectivity index (χ0n) is 19.2. The van der Waals surface area contributed by atoms with E-state index in [1.54, 1.807) is 27.9 Å². The monoisotopic (exact) mass is 444 g/mol. The molecule has 5 nitrogen and oxygen atoms in total. The molecule has 6 rings (SSSR count). The van der Waals surface area contributed by atoms with Gasteiger partial charge in [0.1, 0.15) is 11.2 Å². The molecule has 2 fully saturated rings. The maximum Gasteiger partial charge on any atom is 0.240 e. The van der Waals surface area contributed by atoms with Gasteiger partial charge in [-0.1, -0.05) is 43.7 Å². The zero-order valence-corrected chi connectivity index (χ0v) is 19.2. The quantitative estimate of drug-likeness (QED) is 0.594. The van der Waals surface area contributed by atoms with Crippen molar-refractivity contribution in [3.05, 3.63) is 71.8 Å². The van der Waals surface area contributed by atoms with E-state index in [0.717, 1.165) is 35.5 Å². The summed E-state index contributed by atoms with van der Waals surface area (Å²) in [6.45, 7) is 4.13. The molecule has 1 aromatic heterocycles. The first kappa shape index (κ1) is 20.6. The second-order valence-corrected chi connectivity index (χ2v) is 10.1. The van der Waals surface area contributed by atoms with Gasteiger partial charge >= 0.3 is 0 Å². The van der Waals surface area contributed by atoms with E-state index in [1.807, 2.05) is 37.5 Å². The van der Waals surface area contributed by atoms with E-state index in [2.05, 4.69) is 23.0 Å². The maximum atomic E-state index is 15.1. The second kappa shape index (κ2) is 7.52. The number of fused-ring (bicyclic) bond motifs is 2. The first-order valence-electron chi connectivity index (χ1n) is 11.9. The minimum Gasteiger partial charge on any atom is -0.307 e. The lowest BCUT2D eigenvalue weighted by atomic mass is 9.73. The fourth-order valence-corrected chi connectivity index (χ4v) is 6.20. The van der Waals surface area contributed by atoms with Crippen molar-refractivity contribution >= 4 is 11.6 Å². The van der Waals surface area contributed by atoms with Crippen molar-refractivity contribution in [2.45, 2.75) is 44.2 Å². The molecule has 3 aliphatic rings. The summed E-state index contributed by atoms with van der Waals surface area (Å²) in [6, 6.07) is 13.9. The number of likely N-dealkylation sites (tertiary alicyclic amines) is 1. The molecule has 3 aromatic rings. The van der Waals surface area contributed by atoms with Gasteiger partial charge in [0.15, 0.2) is 0 Å². The van der Waals surface area contributed by atoms with Gasteiger partial charge in [-0.05, 0) is 42.0 Å². The first-order chi connectivity index (χ1) is 16.0. The van der Waals surface area contributed by atoms with Crippen molar-refractivity contribution in [2.24, 2.45) is 13.0 Å². The van der Waals surface area contributed by atoms with Gasteiger partial charge in [0.05, 0.1) is 12.7 Å². The van der Waals surface area contributed by atoms with Crippen molar-refractivity contribution in [2.75, 3.05) is 18.0 Å². The summed E-state index contributed by atoms with van der Waals surface area (Å²) >= 11 is 0. The van der Waals surface area contributed by atoms with Crippen LogP contribution in [0.3, 0.4) is 0 Å². The van der Waals surface area contributed by atoms with E-state index in [1.165, 1.54) is 19.3 Å². The van der Waals surface area contributed by atoms with E-state index < -0.39 is 5.41 Å². The Morgan fingerprint density at radius 3 is 2.64 bits per heavy atom. The van der Waals surface area contributed by atoms with Crippen molar-refractivity contribution < 1.29 is 9.18 Å². The third-order valence-electron chi connectivity index (χ3n) is 8.02. The van der Waals surface area contributed by atoms with E-state index in [4.69, 9.17) is 0 Å².